The van der Waals surface area contributed by atoms with Crippen molar-refractivity contribution >= 4 is 16.1 Å². The van der Waals surface area contributed by atoms with Gasteiger partial charge in [-0.15, -0.1) is 0 Å². The first-order chi connectivity index (χ1) is 13.6. The molecule has 29 heavy (non-hydrogen) atoms. The summed E-state index contributed by atoms with van der Waals surface area (Å²) in [5, 5.41) is 14.0. The lowest BCUT2D eigenvalue weighted by molar-refractivity contribution is 0.0864. The number of carbonyl (C=O) groups is 1. The number of amides is 1. The summed E-state index contributed by atoms with van der Waals surface area (Å²) in [5.41, 5.74) is 0.420. The van der Waals surface area contributed by atoms with E-state index >= 15 is 0 Å². The van der Waals surface area contributed by atoms with E-state index in [1.807, 2.05) is 0 Å². The van der Waals surface area contributed by atoms with Gasteiger partial charge in [0.15, 0.2) is 11.6 Å². The lowest BCUT2D eigenvalue weighted by Crippen LogP contribution is -2.41. The Kier molecular flexibility index (Phi) is 5.84. The standard InChI is InChI=1S/C17H19FN4O6S/c1-10-15(27-11-4-6-22(7-5-11)17(23)24)20-9-21-16(10)28-14-3-2-12(8-13(14)18)29(19,25)26/h2-3,8-9,11H,4-7H2,1H3,(H,23,24)(H2,19,25,26). The topological polar surface area (TPSA) is 145 Å². The number of hydrogen-bond donors (Lipinski definition) is 2. The summed E-state index contributed by atoms with van der Waals surface area (Å²) in [6.45, 7) is 2.35. The van der Waals surface area contributed by atoms with Crippen molar-refractivity contribution in [1.29, 1.82) is 0 Å². The lowest BCUT2D eigenvalue weighted by Gasteiger charge is -2.30. The van der Waals surface area contributed by atoms with Crippen LogP contribution in [0.1, 0.15) is 18.4 Å². The maximum Gasteiger partial charge on any atom is 0.407 e. The molecule has 1 aromatic carbocycles. The summed E-state index contributed by atoms with van der Waals surface area (Å²) in [5.74, 6) is -0.872. The van der Waals surface area contributed by atoms with Gasteiger partial charge in [-0.1, -0.05) is 0 Å². The third kappa shape index (κ3) is 4.90. The van der Waals surface area contributed by atoms with Crippen LogP contribution in [0.2, 0.25) is 0 Å². The summed E-state index contributed by atoms with van der Waals surface area (Å²) in [7, 11) is -4.04. The predicted molar refractivity (Wildman–Crippen MR) is 97.9 cm³/mol. The van der Waals surface area contributed by atoms with Crippen LogP contribution < -0.4 is 14.6 Å². The Hall–Kier alpha value is -2.99. The van der Waals surface area contributed by atoms with Gasteiger partial charge in [0.05, 0.1) is 10.5 Å². The van der Waals surface area contributed by atoms with Gasteiger partial charge >= 0.3 is 6.09 Å². The van der Waals surface area contributed by atoms with Crippen molar-refractivity contribution in [2.45, 2.75) is 30.8 Å². The monoisotopic (exact) mass is 426 g/mol. The number of primary sulfonamides is 1. The zero-order valence-corrected chi connectivity index (χ0v) is 16.2. The van der Waals surface area contributed by atoms with Gasteiger partial charge in [0, 0.05) is 25.9 Å². The van der Waals surface area contributed by atoms with Crippen molar-refractivity contribution in [1.82, 2.24) is 14.9 Å². The number of nitrogens with zero attached hydrogens (tertiary/aromatic N) is 3. The number of nitrogens with two attached hydrogens (primary N) is 1. The zero-order chi connectivity index (χ0) is 21.2. The van der Waals surface area contributed by atoms with Crippen LogP contribution in [0.3, 0.4) is 0 Å². The van der Waals surface area contributed by atoms with Crippen LogP contribution >= 0.6 is 0 Å². The van der Waals surface area contributed by atoms with E-state index in [-0.39, 0.29) is 28.5 Å². The van der Waals surface area contributed by atoms with Crippen molar-refractivity contribution in [2.24, 2.45) is 5.14 Å². The van der Waals surface area contributed by atoms with Crippen LogP contribution in [-0.4, -0.2) is 53.7 Å². The molecule has 1 saturated heterocycles. The molecule has 1 aromatic heterocycles. The Labute approximate surface area is 166 Å². The van der Waals surface area contributed by atoms with E-state index in [1.54, 1.807) is 6.92 Å². The number of rotatable bonds is 5. The van der Waals surface area contributed by atoms with Gasteiger partial charge in [0.2, 0.25) is 21.8 Å². The van der Waals surface area contributed by atoms with Crippen molar-refractivity contribution in [3.8, 4) is 17.5 Å². The fourth-order valence-electron chi connectivity index (χ4n) is 2.81. The van der Waals surface area contributed by atoms with E-state index in [2.05, 4.69) is 9.97 Å². The van der Waals surface area contributed by atoms with Gasteiger partial charge in [-0.2, -0.15) is 0 Å². The SMILES string of the molecule is Cc1c(Oc2ccc(S(N)(=O)=O)cc2F)ncnc1OC1CCN(C(=O)O)CC1. The number of piperidine rings is 1. The number of aromatic nitrogens is 2. The fourth-order valence-corrected chi connectivity index (χ4v) is 3.33. The van der Waals surface area contributed by atoms with Crippen LogP contribution in [0.5, 0.6) is 17.5 Å². The molecule has 2 heterocycles. The molecule has 2 aromatic rings. The molecule has 0 saturated carbocycles. The highest BCUT2D eigenvalue weighted by molar-refractivity contribution is 7.89. The largest absolute Gasteiger partial charge is 0.474 e. The summed E-state index contributed by atoms with van der Waals surface area (Å²) in [6.07, 6.45) is 1.02. The molecule has 0 aliphatic carbocycles. The number of sulfonamides is 1. The highest BCUT2D eigenvalue weighted by Crippen LogP contribution is 2.31. The molecule has 3 N–H and O–H groups in total. The Morgan fingerprint density at radius 1 is 1.28 bits per heavy atom. The predicted octanol–water partition coefficient (Wildman–Crippen LogP) is 1.89. The minimum Gasteiger partial charge on any atom is -0.474 e. The molecule has 0 atom stereocenters. The summed E-state index contributed by atoms with van der Waals surface area (Å²) in [6, 6.07) is 3.02. The molecule has 1 fully saturated rings. The van der Waals surface area contributed by atoms with Crippen molar-refractivity contribution in [2.75, 3.05) is 13.1 Å². The first-order valence-electron chi connectivity index (χ1n) is 8.61. The van der Waals surface area contributed by atoms with Crippen LogP contribution in [0.25, 0.3) is 0 Å². The Morgan fingerprint density at radius 2 is 1.93 bits per heavy atom. The molecule has 1 amide bonds. The van der Waals surface area contributed by atoms with Crippen LogP contribution in [-0.2, 0) is 10.0 Å². The Balaban J connectivity index is 1.73. The highest BCUT2D eigenvalue weighted by atomic mass is 32.2. The number of halogens is 1. The van der Waals surface area contributed by atoms with Crippen LogP contribution in [0, 0.1) is 12.7 Å². The molecule has 1 aliphatic rings. The van der Waals surface area contributed by atoms with E-state index in [0.29, 0.717) is 31.5 Å². The normalized spacial score (nSPS) is 15.2. The molecule has 0 bridgehead atoms. The molecule has 10 nitrogen and oxygen atoms in total. The first kappa shape index (κ1) is 20.7. The molecule has 156 valence electrons. The molecule has 1 aliphatic heterocycles. The van der Waals surface area contributed by atoms with Crippen molar-refractivity contribution in [3.05, 3.63) is 35.9 Å². The second-order valence-electron chi connectivity index (χ2n) is 6.44. The molecular weight excluding hydrogens is 407 g/mol. The number of benzene rings is 1. The minimum absolute atomic E-state index is 0.0419. The van der Waals surface area contributed by atoms with Crippen LogP contribution in [0.4, 0.5) is 9.18 Å². The maximum atomic E-state index is 14.2. The van der Waals surface area contributed by atoms with Gasteiger partial charge in [-0.3, -0.25) is 0 Å². The van der Waals surface area contributed by atoms with E-state index in [9.17, 15) is 17.6 Å². The smallest absolute Gasteiger partial charge is 0.407 e. The minimum atomic E-state index is -4.04. The molecule has 3 rings (SSSR count). The number of hydrogen-bond acceptors (Lipinski definition) is 7. The lowest BCUT2D eigenvalue weighted by atomic mass is 10.1. The molecular formula is C17H19FN4O6S. The summed E-state index contributed by atoms with van der Waals surface area (Å²) >= 11 is 0. The number of carboxylic acid groups (broad SMARTS) is 1. The first-order valence-corrected chi connectivity index (χ1v) is 10.2. The second kappa shape index (κ2) is 8.17. The summed E-state index contributed by atoms with van der Waals surface area (Å²) < 4.78 is 48.1. The number of ether oxygens (including phenoxy) is 2. The molecule has 12 heteroatoms. The second-order valence-corrected chi connectivity index (χ2v) is 8.00. The van der Waals surface area contributed by atoms with Crippen molar-refractivity contribution < 1.29 is 32.2 Å². The zero-order valence-electron chi connectivity index (χ0n) is 15.4. The van der Waals surface area contributed by atoms with E-state index in [4.69, 9.17) is 19.7 Å². The molecule has 0 unspecified atom stereocenters. The summed E-state index contributed by atoms with van der Waals surface area (Å²) in [4.78, 5) is 19.9. The Bertz CT molecular complexity index is 1020. The van der Waals surface area contributed by atoms with E-state index in [0.717, 1.165) is 18.2 Å². The van der Waals surface area contributed by atoms with Gasteiger partial charge < -0.3 is 19.5 Å². The average molecular weight is 426 g/mol. The van der Waals surface area contributed by atoms with E-state index < -0.39 is 21.9 Å². The van der Waals surface area contributed by atoms with Gasteiger partial charge in [-0.25, -0.2) is 32.7 Å². The van der Waals surface area contributed by atoms with E-state index in [1.165, 1.54) is 11.2 Å². The maximum absolute atomic E-state index is 14.2. The Morgan fingerprint density at radius 3 is 2.52 bits per heavy atom. The average Bonchev–Trinajstić information content (AvgIpc) is 2.66. The molecule has 0 spiro atoms. The highest BCUT2D eigenvalue weighted by Gasteiger charge is 2.25. The quantitative estimate of drug-likeness (QED) is 0.737. The third-order valence-electron chi connectivity index (χ3n) is 4.42. The fraction of sp³-hybridized carbons (Fsp3) is 0.353. The molecule has 0 radical (unpaired) electrons. The van der Waals surface area contributed by atoms with Gasteiger partial charge in [0.1, 0.15) is 12.4 Å². The van der Waals surface area contributed by atoms with Crippen LogP contribution in [0.15, 0.2) is 29.4 Å². The number of likely N-dealkylation sites (tertiary alicyclic amines) is 1. The third-order valence-corrected chi connectivity index (χ3v) is 5.33. The van der Waals surface area contributed by atoms with Gasteiger partial charge in [-0.05, 0) is 25.1 Å². The van der Waals surface area contributed by atoms with Gasteiger partial charge in [0.25, 0.3) is 0 Å². The van der Waals surface area contributed by atoms with Crippen molar-refractivity contribution in [3.63, 3.8) is 0 Å².